The van der Waals surface area contributed by atoms with Gasteiger partial charge < -0.3 is 33.2 Å². The fourth-order valence-electron chi connectivity index (χ4n) is 5.38. The van der Waals surface area contributed by atoms with E-state index in [2.05, 4.69) is 69.2 Å². The van der Waals surface area contributed by atoms with Gasteiger partial charge in [0.15, 0.2) is 28.9 Å². The molecule has 12 nitrogen and oxygen atoms in total. The number of rotatable bonds is 44. The van der Waals surface area contributed by atoms with E-state index in [9.17, 15) is 24.0 Å². The van der Waals surface area contributed by atoms with Crippen LogP contribution in [-0.2, 0) is 57.1 Å². The molecule has 444 valence electrons. The minimum atomic E-state index is 0.0620. The van der Waals surface area contributed by atoms with Gasteiger partial charge in [-0.15, -0.1) is 0 Å². The summed E-state index contributed by atoms with van der Waals surface area (Å²) in [6.45, 7) is 48.6. The molecule has 0 aliphatic carbocycles. The van der Waals surface area contributed by atoms with Crippen molar-refractivity contribution in [2.45, 2.75) is 222 Å². The van der Waals surface area contributed by atoms with Crippen molar-refractivity contribution in [2.75, 3.05) is 92.5 Å². The summed E-state index contributed by atoms with van der Waals surface area (Å²) in [7, 11) is 0. The number of unbranched alkanes of at least 4 members (excludes halogenated alkanes) is 4. The summed E-state index contributed by atoms with van der Waals surface area (Å²) >= 11 is 0. The van der Waals surface area contributed by atoms with Crippen LogP contribution in [0.2, 0.25) is 0 Å². The molecule has 0 saturated carbocycles. The summed E-state index contributed by atoms with van der Waals surface area (Å²) in [6, 6.07) is 0. The average molecular weight is 1060 g/mol. The van der Waals surface area contributed by atoms with Crippen molar-refractivity contribution in [3.8, 4) is 0 Å². The Bertz CT molecular complexity index is 1140. The maximum atomic E-state index is 11.2. The minimum Gasteiger partial charge on any atom is -0.381 e. The summed E-state index contributed by atoms with van der Waals surface area (Å²) in [6.07, 6.45) is 15.1. The SMILES string of the molecule is CC(C)CCCCCCOCC(=O)C(C)C.CC(C)CCCCOCC(=O)C(C)C.CC(C)CCCOCCOCC(=O)C(C)C.CC(C)CCOCC(=O)C(C)C.CC(C)CCOCCCOCC(=O)C(C)C. The largest absolute Gasteiger partial charge is 0.381 e. The van der Waals surface area contributed by atoms with E-state index in [1.54, 1.807) is 0 Å². The van der Waals surface area contributed by atoms with Crippen LogP contribution in [-0.4, -0.2) is 121 Å². The molecule has 0 spiro atoms. The summed E-state index contributed by atoms with van der Waals surface area (Å²) < 4.78 is 37.1. The highest BCUT2D eigenvalue weighted by molar-refractivity contribution is 5.82. The second-order valence-corrected chi connectivity index (χ2v) is 23.3. The molecule has 0 aromatic heterocycles. The van der Waals surface area contributed by atoms with Crippen LogP contribution in [0, 0.1) is 59.2 Å². The number of carbonyl (C=O) groups excluding carboxylic acids is 5. The van der Waals surface area contributed by atoms with Gasteiger partial charge in [-0.2, -0.15) is 0 Å². The van der Waals surface area contributed by atoms with Gasteiger partial charge in [0, 0.05) is 75.8 Å². The van der Waals surface area contributed by atoms with E-state index in [1.807, 2.05) is 69.2 Å². The lowest BCUT2D eigenvalue weighted by atomic mass is 10.0. The highest BCUT2D eigenvalue weighted by atomic mass is 16.5. The highest BCUT2D eigenvalue weighted by Gasteiger charge is 2.10. The molecule has 0 aromatic carbocycles. The Labute approximate surface area is 458 Å². The van der Waals surface area contributed by atoms with Crippen LogP contribution in [0.25, 0.3) is 0 Å². The Hall–Kier alpha value is -1.93. The molecule has 0 rings (SSSR count). The van der Waals surface area contributed by atoms with Gasteiger partial charge in [-0.25, -0.2) is 0 Å². The third kappa shape index (κ3) is 74.3. The lowest BCUT2D eigenvalue weighted by Crippen LogP contribution is -2.17. The molecular weight excluding hydrogens is 937 g/mol. The Morgan fingerprint density at radius 1 is 0.216 bits per heavy atom. The average Bonchev–Trinajstić information content (AvgIpc) is 3.31. The van der Waals surface area contributed by atoms with E-state index in [-0.39, 0.29) is 78.3 Å². The molecule has 0 fully saturated rings. The van der Waals surface area contributed by atoms with Crippen LogP contribution < -0.4 is 0 Å². The highest BCUT2D eigenvalue weighted by Crippen LogP contribution is 2.10. The first kappa shape index (κ1) is 80.9. The molecule has 0 unspecified atom stereocenters. The van der Waals surface area contributed by atoms with Crippen molar-refractivity contribution in [2.24, 2.45) is 59.2 Å². The third-order valence-electron chi connectivity index (χ3n) is 11.3. The minimum absolute atomic E-state index is 0.0620. The third-order valence-corrected chi connectivity index (χ3v) is 11.3. The van der Waals surface area contributed by atoms with Gasteiger partial charge in [-0.1, -0.05) is 177 Å². The van der Waals surface area contributed by atoms with E-state index in [0.717, 1.165) is 89.3 Å². The van der Waals surface area contributed by atoms with Crippen LogP contribution in [0.3, 0.4) is 0 Å². The molecule has 0 bridgehead atoms. The molecule has 0 N–H and O–H groups in total. The van der Waals surface area contributed by atoms with E-state index < -0.39 is 0 Å². The van der Waals surface area contributed by atoms with Gasteiger partial charge in [0.1, 0.15) is 33.0 Å². The maximum Gasteiger partial charge on any atom is 0.160 e. The molecule has 0 amide bonds. The first-order chi connectivity index (χ1) is 34.7. The molecule has 0 saturated heterocycles. The first-order valence-electron chi connectivity index (χ1n) is 29.4. The molecule has 0 aliphatic rings. The lowest BCUT2D eigenvalue weighted by molar-refractivity contribution is -0.127. The molecular formula is C62H124O12. The van der Waals surface area contributed by atoms with Crippen LogP contribution >= 0.6 is 0 Å². The summed E-state index contributed by atoms with van der Waals surface area (Å²) in [4.78, 5) is 55.8. The summed E-state index contributed by atoms with van der Waals surface area (Å²) in [5, 5.41) is 0. The number of ketones is 5. The van der Waals surface area contributed by atoms with Gasteiger partial charge in [0.2, 0.25) is 0 Å². The smallest absolute Gasteiger partial charge is 0.160 e. The van der Waals surface area contributed by atoms with Gasteiger partial charge in [0.05, 0.1) is 13.2 Å². The second-order valence-electron chi connectivity index (χ2n) is 23.3. The number of ether oxygens (including phenoxy) is 7. The van der Waals surface area contributed by atoms with Crippen LogP contribution in [0.4, 0.5) is 0 Å². The van der Waals surface area contributed by atoms with E-state index >= 15 is 0 Å². The zero-order chi connectivity index (χ0) is 57.7. The fraction of sp³-hybridized carbons (Fsp3) is 0.919. The Morgan fingerprint density at radius 2 is 0.432 bits per heavy atom. The summed E-state index contributed by atoms with van der Waals surface area (Å²) in [5.41, 5.74) is 0. The van der Waals surface area contributed by atoms with Crippen molar-refractivity contribution in [3.05, 3.63) is 0 Å². The van der Waals surface area contributed by atoms with Crippen molar-refractivity contribution in [3.63, 3.8) is 0 Å². The van der Waals surface area contributed by atoms with Crippen molar-refractivity contribution in [1.82, 2.24) is 0 Å². The van der Waals surface area contributed by atoms with E-state index in [4.69, 9.17) is 33.2 Å². The molecule has 0 atom stereocenters. The number of Topliss-reactive ketones (excluding diaryl/α,β-unsaturated/α-hetero) is 5. The quantitative estimate of drug-likeness (QED) is 0.0534. The van der Waals surface area contributed by atoms with Crippen molar-refractivity contribution in [1.29, 1.82) is 0 Å². The Balaban J connectivity index is -0.000000269. The number of hydrogen-bond acceptors (Lipinski definition) is 12. The van der Waals surface area contributed by atoms with E-state index in [1.165, 1.54) is 44.9 Å². The van der Waals surface area contributed by atoms with Gasteiger partial charge in [-0.3, -0.25) is 24.0 Å². The zero-order valence-electron chi connectivity index (χ0n) is 52.3. The van der Waals surface area contributed by atoms with Crippen molar-refractivity contribution < 1.29 is 57.1 Å². The molecule has 0 aromatic rings. The standard InChI is InChI=1S/C14H28O2.2C13H26O3.C12H24O2.C10H20O2/c1-12(2)9-7-5-6-8-10-16-11-14(15)13(3)4;1-11(2)6-9-15-7-5-8-16-10-13(14)12(3)4;1-11(2)6-5-7-15-8-9-16-10-13(14)12(3)4;1-10(2)7-5-6-8-14-9-12(13)11(3)4;1-8(2)5-6-12-7-10(11)9(3)4/h12-13H,5-11H2,1-4H3;2*11-12H,5-10H2,1-4H3;10-11H,5-9H2,1-4H3;8-9H,5-7H2,1-4H3. The normalized spacial score (nSPS) is 11.3. The zero-order valence-corrected chi connectivity index (χ0v) is 52.3. The Morgan fingerprint density at radius 3 is 0.784 bits per heavy atom. The molecule has 0 radical (unpaired) electrons. The maximum absolute atomic E-state index is 11.2. The van der Waals surface area contributed by atoms with Crippen LogP contribution in [0.5, 0.6) is 0 Å². The molecule has 0 heterocycles. The molecule has 74 heavy (non-hydrogen) atoms. The van der Waals surface area contributed by atoms with Gasteiger partial charge in [0.25, 0.3) is 0 Å². The van der Waals surface area contributed by atoms with Crippen LogP contribution in [0.1, 0.15) is 222 Å². The summed E-state index contributed by atoms with van der Waals surface area (Å²) in [5.74, 6) is 5.04. The van der Waals surface area contributed by atoms with Crippen LogP contribution in [0.15, 0.2) is 0 Å². The first-order valence-corrected chi connectivity index (χ1v) is 29.4. The topological polar surface area (TPSA) is 150 Å². The number of hydrogen-bond donors (Lipinski definition) is 0. The predicted octanol–water partition coefficient (Wildman–Crippen LogP) is 14.5. The molecule has 0 aliphatic heterocycles. The molecule has 12 heteroatoms. The predicted molar refractivity (Wildman–Crippen MR) is 309 cm³/mol. The number of carbonyl (C=O) groups is 5. The van der Waals surface area contributed by atoms with E-state index in [0.29, 0.717) is 51.5 Å². The second kappa shape index (κ2) is 58.7. The Kier molecular flexibility index (Phi) is 64.2. The van der Waals surface area contributed by atoms with Crippen molar-refractivity contribution >= 4 is 28.9 Å². The fourth-order valence-corrected chi connectivity index (χ4v) is 5.38. The van der Waals surface area contributed by atoms with Gasteiger partial charge in [-0.05, 0) is 74.5 Å². The lowest BCUT2D eigenvalue weighted by Gasteiger charge is -2.07. The monoisotopic (exact) mass is 1060 g/mol. The van der Waals surface area contributed by atoms with Gasteiger partial charge >= 0.3 is 0 Å².